The number of anilines is 1. The van der Waals surface area contributed by atoms with Crippen molar-refractivity contribution in [3.63, 3.8) is 0 Å². The average Bonchev–Trinajstić information content (AvgIpc) is 2.27. The van der Waals surface area contributed by atoms with Crippen LogP contribution in [0.2, 0.25) is 0 Å². The predicted octanol–water partition coefficient (Wildman–Crippen LogP) is 4.09. The number of rotatable bonds is 2. The van der Waals surface area contributed by atoms with Gasteiger partial charge in [-0.25, -0.2) is 4.79 Å². The third-order valence-corrected chi connectivity index (χ3v) is 2.39. The highest BCUT2D eigenvalue weighted by Crippen LogP contribution is 2.25. The SMILES string of the molecule is Cc1ccc(C(=O)C(F)(F)F)cc1NC(=O)OC(C)(C)C. The summed E-state index contributed by atoms with van der Waals surface area (Å²) < 4.78 is 42.2. The van der Waals surface area contributed by atoms with Crippen LogP contribution >= 0.6 is 0 Å². The van der Waals surface area contributed by atoms with E-state index in [-0.39, 0.29) is 5.69 Å². The van der Waals surface area contributed by atoms with E-state index in [9.17, 15) is 22.8 Å². The Morgan fingerprint density at radius 1 is 1.14 bits per heavy atom. The van der Waals surface area contributed by atoms with E-state index in [0.29, 0.717) is 5.56 Å². The molecule has 0 aliphatic heterocycles. The molecule has 0 heterocycles. The molecule has 0 aliphatic carbocycles. The second-order valence-electron chi connectivity index (χ2n) is 5.48. The Balaban J connectivity index is 2.99. The number of nitrogens with one attached hydrogen (secondary N) is 1. The fraction of sp³-hybridized carbons (Fsp3) is 0.429. The maximum Gasteiger partial charge on any atom is 0.454 e. The number of alkyl halides is 3. The average molecular weight is 303 g/mol. The van der Waals surface area contributed by atoms with Crippen LogP contribution in [-0.4, -0.2) is 23.7 Å². The van der Waals surface area contributed by atoms with Crippen LogP contribution in [0.4, 0.5) is 23.7 Å². The maximum absolute atomic E-state index is 12.4. The van der Waals surface area contributed by atoms with E-state index in [1.807, 2.05) is 0 Å². The minimum atomic E-state index is -4.96. The highest BCUT2D eigenvalue weighted by atomic mass is 19.4. The predicted molar refractivity (Wildman–Crippen MR) is 71.4 cm³/mol. The van der Waals surface area contributed by atoms with Crippen LogP contribution in [-0.2, 0) is 4.74 Å². The molecule has 0 bridgehead atoms. The number of hydrogen-bond donors (Lipinski definition) is 1. The van der Waals surface area contributed by atoms with Crippen LogP contribution in [0.5, 0.6) is 0 Å². The van der Waals surface area contributed by atoms with E-state index in [2.05, 4.69) is 5.32 Å². The molecular weight excluding hydrogens is 287 g/mol. The number of hydrogen-bond acceptors (Lipinski definition) is 3. The molecule has 1 N–H and O–H groups in total. The molecule has 1 rings (SSSR count). The number of carbonyl (C=O) groups excluding carboxylic acids is 2. The van der Waals surface area contributed by atoms with Crippen molar-refractivity contribution in [2.75, 3.05) is 5.32 Å². The molecule has 0 fully saturated rings. The molecule has 0 atom stereocenters. The number of carbonyl (C=O) groups is 2. The van der Waals surface area contributed by atoms with E-state index in [4.69, 9.17) is 4.74 Å². The summed E-state index contributed by atoms with van der Waals surface area (Å²) in [6.07, 6.45) is -5.76. The Morgan fingerprint density at radius 3 is 2.19 bits per heavy atom. The van der Waals surface area contributed by atoms with E-state index in [0.717, 1.165) is 12.1 Å². The van der Waals surface area contributed by atoms with Gasteiger partial charge in [-0.15, -0.1) is 0 Å². The molecule has 1 amide bonds. The standard InChI is InChI=1S/C14H16F3NO3/c1-8-5-6-9(11(19)14(15,16)17)7-10(8)18-12(20)21-13(2,3)4/h5-7H,1-4H3,(H,18,20). The zero-order chi connectivity index (χ0) is 16.4. The van der Waals surface area contributed by atoms with Crippen LogP contribution in [0.15, 0.2) is 18.2 Å². The first-order valence-electron chi connectivity index (χ1n) is 6.12. The van der Waals surface area contributed by atoms with Crippen LogP contribution in [0.25, 0.3) is 0 Å². The number of ketones is 1. The molecule has 0 saturated carbocycles. The van der Waals surface area contributed by atoms with Crippen LogP contribution < -0.4 is 5.32 Å². The van der Waals surface area contributed by atoms with Gasteiger partial charge < -0.3 is 4.74 Å². The lowest BCUT2D eigenvalue weighted by Crippen LogP contribution is -2.27. The lowest BCUT2D eigenvalue weighted by Gasteiger charge is -2.20. The highest BCUT2D eigenvalue weighted by molar-refractivity contribution is 6.01. The van der Waals surface area contributed by atoms with Gasteiger partial charge in [-0.3, -0.25) is 10.1 Å². The summed E-state index contributed by atoms with van der Waals surface area (Å²) in [6, 6.07) is 3.37. The number of Topliss-reactive ketones (excluding diaryl/α,β-unsaturated/α-hetero) is 1. The monoisotopic (exact) mass is 303 g/mol. The van der Waals surface area contributed by atoms with E-state index in [1.165, 1.54) is 6.07 Å². The van der Waals surface area contributed by atoms with E-state index < -0.39 is 29.2 Å². The van der Waals surface area contributed by atoms with E-state index in [1.54, 1.807) is 27.7 Å². The Bertz CT molecular complexity index is 560. The summed E-state index contributed by atoms with van der Waals surface area (Å²) in [4.78, 5) is 22.8. The minimum absolute atomic E-state index is 0.0966. The van der Waals surface area contributed by atoms with Crippen molar-refractivity contribution >= 4 is 17.6 Å². The molecule has 1 aromatic carbocycles. The van der Waals surface area contributed by atoms with E-state index >= 15 is 0 Å². The van der Waals surface area contributed by atoms with Gasteiger partial charge in [0.2, 0.25) is 0 Å². The van der Waals surface area contributed by atoms with Crippen molar-refractivity contribution in [3.05, 3.63) is 29.3 Å². The van der Waals surface area contributed by atoms with Gasteiger partial charge in [0.15, 0.2) is 0 Å². The quantitative estimate of drug-likeness (QED) is 0.837. The minimum Gasteiger partial charge on any atom is -0.444 e. The first-order chi connectivity index (χ1) is 9.40. The van der Waals surface area contributed by atoms with Gasteiger partial charge in [-0.2, -0.15) is 13.2 Å². The highest BCUT2D eigenvalue weighted by Gasteiger charge is 2.39. The fourth-order valence-electron chi connectivity index (χ4n) is 1.48. The molecule has 4 nitrogen and oxygen atoms in total. The van der Waals surface area contributed by atoms with Gasteiger partial charge in [0.1, 0.15) is 5.60 Å². The Labute approximate surface area is 120 Å². The smallest absolute Gasteiger partial charge is 0.444 e. The maximum atomic E-state index is 12.4. The molecule has 116 valence electrons. The normalized spacial score (nSPS) is 12.0. The van der Waals surface area contributed by atoms with Gasteiger partial charge in [-0.05, 0) is 39.3 Å². The topological polar surface area (TPSA) is 55.4 Å². The zero-order valence-corrected chi connectivity index (χ0v) is 12.1. The molecule has 21 heavy (non-hydrogen) atoms. The molecular formula is C14H16F3NO3. The van der Waals surface area contributed by atoms with Crippen molar-refractivity contribution in [3.8, 4) is 0 Å². The second kappa shape index (κ2) is 5.75. The van der Waals surface area contributed by atoms with Crippen molar-refractivity contribution in [1.82, 2.24) is 0 Å². The number of amides is 1. The zero-order valence-electron chi connectivity index (χ0n) is 12.1. The summed E-state index contributed by atoms with van der Waals surface area (Å²) >= 11 is 0. The molecule has 0 spiro atoms. The van der Waals surface area contributed by atoms with Gasteiger partial charge in [0.05, 0.1) is 0 Å². The molecule has 7 heteroatoms. The molecule has 0 saturated heterocycles. The summed E-state index contributed by atoms with van der Waals surface area (Å²) in [5.74, 6) is -1.96. The molecule has 1 aromatic rings. The van der Waals surface area contributed by atoms with Crippen molar-refractivity contribution in [1.29, 1.82) is 0 Å². The summed E-state index contributed by atoms with van der Waals surface area (Å²) in [6.45, 7) is 6.56. The molecule has 0 unspecified atom stereocenters. The number of aryl methyl sites for hydroxylation is 1. The Hall–Kier alpha value is -2.05. The Kier molecular flexibility index (Phi) is 4.65. The first-order valence-corrected chi connectivity index (χ1v) is 6.12. The molecule has 0 aromatic heterocycles. The van der Waals surface area contributed by atoms with Crippen molar-refractivity contribution < 1.29 is 27.5 Å². The summed E-state index contributed by atoms with van der Waals surface area (Å²) in [5, 5.41) is 2.33. The van der Waals surface area contributed by atoms with Crippen LogP contribution in [0, 0.1) is 6.92 Å². The van der Waals surface area contributed by atoms with Crippen LogP contribution in [0.3, 0.4) is 0 Å². The summed E-state index contributed by atoms with van der Waals surface area (Å²) in [5.41, 5.74) is -0.671. The number of benzene rings is 1. The third-order valence-electron chi connectivity index (χ3n) is 2.39. The summed E-state index contributed by atoms with van der Waals surface area (Å²) in [7, 11) is 0. The Morgan fingerprint density at radius 2 is 1.71 bits per heavy atom. The third kappa shape index (κ3) is 5.09. The van der Waals surface area contributed by atoms with Crippen molar-refractivity contribution in [2.45, 2.75) is 39.5 Å². The lowest BCUT2D eigenvalue weighted by atomic mass is 10.1. The van der Waals surface area contributed by atoms with Gasteiger partial charge >= 0.3 is 12.3 Å². The molecule has 0 radical (unpaired) electrons. The number of ether oxygens (including phenoxy) is 1. The second-order valence-corrected chi connectivity index (χ2v) is 5.48. The van der Waals surface area contributed by atoms with Gasteiger partial charge in [-0.1, -0.05) is 12.1 Å². The van der Waals surface area contributed by atoms with Crippen molar-refractivity contribution in [2.24, 2.45) is 0 Å². The first kappa shape index (κ1) is 17.0. The lowest BCUT2D eigenvalue weighted by molar-refractivity contribution is -0.0885. The van der Waals surface area contributed by atoms with Gasteiger partial charge in [0.25, 0.3) is 5.78 Å². The van der Waals surface area contributed by atoms with Crippen LogP contribution in [0.1, 0.15) is 36.7 Å². The molecule has 0 aliphatic rings. The fourth-order valence-corrected chi connectivity index (χ4v) is 1.48. The number of halogens is 3. The van der Waals surface area contributed by atoms with Gasteiger partial charge in [0, 0.05) is 11.3 Å². The largest absolute Gasteiger partial charge is 0.454 e.